The number of amides is 1. The summed E-state index contributed by atoms with van der Waals surface area (Å²) in [6, 6.07) is 3.49. The molecule has 0 aliphatic carbocycles. The van der Waals surface area contributed by atoms with Crippen LogP contribution in [0.5, 0.6) is 0 Å². The van der Waals surface area contributed by atoms with Crippen molar-refractivity contribution in [2.24, 2.45) is 0 Å². The van der Waals surface area contributed by atoms with Gasteiger partial charge in [0.1, 0.15) is 5.82 Å². The Hall–Kier alpha value is -1.95. The molecular weight excluding hydrogens is 239 g/mol. The molecule has 98 valence electrons. The summed E-state index contributed by atoms with van der Waals surface area (Å²) in [6.45, 7) is 0.495. The highest BCUT2D eigenvalue weighted by atomic mass is 19.1. The highest BCUT2D eigenvalue weighted by molar-refractivity contribution is 6.01. The van der Waals surface area contributed by atoms with Gasteiger partial charge in [0, 0.05) is 13.0 Å². The van der Waals surface area contributed by atoms with Crippen LogP contribution >= 0.6 is 0 Å². The molecular formula is C12H15FN2O3. The molecule has 1 aromatic rings. The van der Waals surface area contributed by atoms with Gasteiger partial charge in [-0.2, -0.15) is 0 Å². The third-order valence-electron chi connectivity index (χ3n) is 2.26. The maximum absolute atomic E-state index is 13.1. The molecule has 0 saturated heterocycles. The summed E-state index contributed by atoms with van der Waals surface area (Å²) >= 11 is 0. The Morgan fingerprint density at radius 3 is 2.72 bits per heavy atom. The lowest BCUT2D eigenvalue weighted by atomic mass is 10.1. The average Bonchev–Trinajstić information content (AvgIpc) is 2.35. The Balaban J connectivity index is 2.88. The molecule has 0 aromatic heterocycles. The van der Waals surface area contributed by atoms with E-state index in [1.165, 1.54) is 13.2 Å². The molecule has 0 heterocycles. The Bertz CT molecular complexity index is 449. The van der Waals surface area contributed by atoms with E-state index in [9.17, 15) is 14.0 Å². The summed E-state index contributed by atoms with van der Waals surface area (Å²) < 4.78 is 17.7. The number of halogens is 1. The largest absolute Gasteiger partial charge is 0.465 e. The van der Waals surface area contributed by atoms with Gasteiger partial charge in [0.25, 0.3) is 0 Å². The lowest BCUT2D eigenvalue weighted by Crippen LogP contribution is -2.20. The zero-order valence-corrected chi connectivity index (χ0v) is 10.2. The number of rotatable bonds is 5. The average molecular weight is 254 g/mol. The van der Waals surface area contributed by atoms with Crippen molar-refractivity contribution in [1.82, 2.24) is 5.32 Å². The molecule has 0 radical (unpaired) electrons. The summed E-state index contributed by atoms with van der Waals surface area (Å²) in [4.78, 5) is 23.0. The number of esters is 1. The number of anilines is 1. The van der Waals surface area contributed by atoms with E-state index in [1.807, 2.05) is 0 Å². The smallest absolute Gasteiger partial charge is 0.339 e. The zero-order valence-electron chi connectivity index (χ0n) is 10.2. The maximum atomic E-state index is 13.1. The van der Waals surface area contributed by atoms with Crippen molar-refractivity contribution >= 4 is 17.6 Å². The molecule has 5 nitrogen and oxygen atoms in total. The van der Waals surface area contributed by atoms with E-state index in [2.05, 4.69) is 15.4 Å². The second kappa shape index (κ2) is 6.70. The molecule has 0 saturated carbocycles. The SMILES string of the molecule is CNCCC(=O)Nc1cc(F)ccc1C(=O)OC. The van der Waals surface area contributed by atoms with Crippen LogP contribution in [0.1, 0.15) is 16.8 Å². The van der Waals surface area contributed by atoms with E-state index in [-0.39, 0.29) is 23.6 Å². The van der Waals surface area contributed by atoms with Crippen molar-refractivity contribution in [2.75, 3.05) is 26.0 Å². The lowest BCUT2D eigenvalue weighted by molar-refractivity contribution is -0.116. The quantitative estimate of drug-likeness (QED) is 0.774. The van der Waals surface area contributed by atoms with Crippen molar-refractivity contribution in [1.29, 1.82) is 0 Å². The fraction of sp³-hybridized carbons (Fsp3) is 0.333. The van der Waals surface area contributed by atoms with Gasteiger partial charge in [0.2, 0.25) is 5.91 Å². The third-order valence-corrected chi connectivity index (χ3v) is 2.26. The van der Waals surface area contributed by atoms with Crippen LogP contribution in [0.2, 0.25) is 0 Å². The molecule has 0 spiro atoms. The number of nitrogens with one attached hydrogen (secondary N) is 2. The lowest BCUT2D eigenvalue weighted by Gasteiger charge is -2.09. The molecule has 0 fully saturated rings. The normalized spacial score (nSPS) is 9.94. The van der Waals surface area contributed by atoms with Crippen LogP contribution in [0, 0.1) is 5.82 Å². The predicted molar refractivity (Wildman–Crippen MR) is 64.9 cm³/mol. The highest BCUT2D eigenvalue weighted by Crippen LogP contribution is 2.18. The molecule has 0 unspecified atom stereocenters. The van der Waals surface area contributed by atoms with Crippen LogP contribution in [0.4, 0.5) is 10.1 Å². The summed E-state index contributed by atoms with van der Waals surface area (Å²) in [5.74, 6) is -1.47. The minimum Gasteiger partial charge on any atom is -0.465 e. The van der Waals surface area contributed by atoms with E-state index >= 15 is 0 Å². The number of carbonyl (C=O) groups is 2. The van der Waals surface area contributed by atoms with Gasteiger partial charge < -0.3 is 15.4 Å². The molecule has 6 heteroatoms. The number of methoxy groups -OCH3 is 1. The fourth-order valence-corrected chi connectivity index (χ4v) is 1.36. The van der Waals surface area contributed by atoms with E-state index in [4.69, 9.17) is 0 Å². The van der Waals surface area contributed by atoms with Crippen molar-refractivity contribution in [3.05, 3.63) is 29.6 Å². The monoisotopic (exact) mass is 254 g/mol. The molecule has 0 aliphatic rings. The van der Waals surface area contributed by atoms with Crippen LogP contribution in [-0.4, -0.2) is 32.6 Å². The van der Waals surface area contributed by atoms with Gasteiger partial charge in [-0.3, -0.25) is 4.79 Å². The Morgan fingerprint density at radius 1 is 1.39 bits per heavy atom. The van der Waals surface area contributed by atoms with Gasteiger partial charge in [-0.05, 0) is 25.2 Å². The van der Waals surface area contributed by atoms with Gasteiger partial charge in [-0.25, -0.2) is 9.18 Å². The zero-order chi connectivity index (χ0) is 13.5. The first-order valence-corrected chi connectivity index (χ1v) is 5.40. The van der Waals surface area contributed by atoms with Crippen molar-refractivity contribution in [2.45, 2.75) is 6.42 Å². The summed E-state index contributed by atoms with van der Waals surface area (Å²) in [5, 5.41) is 5.30. The van der Waals surface area contributed by atoms with Gasteiger partial charge in [0.15, 0.2) is 0 Å². The van der Waals surface area contributed by atoms with Crippen LogP contribution in [0.15, 0.2) is 18.2 Å². The number of ether oxygens (including phenoxy) is 1. The molecule has 0 bridgehead atoms. The van der Waals surface area contributed by atoms with Gasteiger partial charge in [-0.15, -0.1) is 0 Å². The topological polar surface area (TPSA) is 67.4 Å². The number of carbonyl (C=O) groups excluding carboxylic acids is 2. The summed E-state index contributed by atoms with van der Waals surface area (Å²) in [7, 11) is 2.94. The summed E-state index contributed by atoms with van der Waals surface area (Å²) in [6.07, 6.45) is 0.230. The molecule has 0 aliphatic heterocycles. The highest BCUT2D eigenvalue weighted by Gasteiger charge is 2.14. The minimum atomic E-state index is -0.626. The minimum absolute atomic E-state index is 0.114. The first-order valence-electron chi connectivity index (χ1n) is 5.40. The third kappa shape index (κ3) is 3.81. The van der Waals surface area contributed by atoms with Crippen molar-refractivity contribution < 1.29 is 18.7 Å². The van der Waals surface area contributed by atoms with Crippen molar-refractivity contribution in [3.8, 4) is 0 Å². The van der Waals surface area contributed by atoms with Crippen molar-refractivity contribution in [3.63, 3.8) is 0 Å². The van der Waals surface area contributed by atoms with Crippen LogP contribution in [0.25, 0.3) is 0 Å². The summed E-state index contributed by atoms with van der Waals surface area (Å²) in [5.41, 5.74) is 0.236. The Kier molecular flexibility index (Phi) is 5.26. The fourth-order valence-electron chi connectivity index (χ4n) is 1.36. The Morgan fingerprint density at radius 2 is 2.11 bits per heavy atom. The molecule has 18 heavy (non-hydrogen) atoms. The standard InChI is InChI=1S/C12H15FN2O3/c1-14-6-5-11(16)15-10-7-8(13)3-4-9(10)12(17)18-2/h3-4,7,14H,5-6H2,1-2H3,(H,15,16). The van der Waals surface area contributed by atoms with E-state index in [1.54, 1.807) is 7.05 Å². The van der Waals surface area contributed by atoms with Crippen LogP contribution < -0.4 is 10.6 Å². The van der Waals surface area contributed by atoms with Crippen LogP contribution in [-0.2, 0) is 9.53 Å². The molecule has 2 N–H and O–H groups in total. The molecule has 1 amide bonds. The van der Waals surface area contributed by atoms with Gasteiger partial charge in [0.05, 0.1) is 18.4 Å². The number of hydrogen-bond donors (Lipinski definition) is 2. The number of benzene rings is 1. The van der Waals surface area contributed by atoms with Crippen LogP contribution in [0.3, 0.4) is 0 Å². The molecule has 0 atom stereocenters. The first kappa shape index (κ1) is 14.1. The van der Waals surface area contributed by atoms with Gasteiger partial charge >= 0.3 is 5.97 Å². The second-order valence-corrected chi connectivity index (χ2v) is 3.58. The van der Waals surface area contributed by atoms with E-state index < -0.39 is 11.8 Å². The van der Waals surface area contributed by atoms with E-state index in [0.717, 1.165) is 12.1 Å². The number of hydrogen-bond acceptors (Lipinski definition) is 4. The second-order valence-electron chi connectivity index (χ2n) is 3.58. The van der Waals surface area contributed by atoms with E-state index in [0.29, 0.717) is 6.54 Å². The molecule has 1 rings (SSSR count). The Labute approximate surface area is 104 Å². The van der Waals surface area contributed by atoms with Gasteiger partial charge in [-0.1, -0.05) is 0 Å². The predicted octanol–water partition coefficient (Wildman–Crippen LogP) is 1.16. The maximum Gasteiger partial charge on any atom is 0.339 e. The first-order chi connectivity index (χ1) is 8.58. The molecule has 1 aromatic carbocycles.